The van der Waals surface area contributed by atoms with Crippen LogP contribution in [0.2, 0.25) is 0 Å². The lowest BCUT2D eigenvalue weighted by atomic mass is 10.1. The quantitative estimate of drug-likeness (QED) is 0.672. The molecule has 1 aromatic heterocycles. The molecule has 0 fully saturated rings. The molecule has 3 nitrogen and oxygen atoms in total. The monoisotopic (exact) mass is 280 g/mol. The molecule has 0 aliphatic rings. The van der Waals surface area contributed by atoms with Gasteiger partial charge in [-0.1, -0.05) is 30.3 Å². The first-order valence-electron chi connectivity index (χ1n) is 6.78. The van der Waals surface area contributed by atoms with Crippen molar-refractivity contribution in [2.24, 2.45) is 0 Å². The second-order valence-corrected chi connectivity index (χ2v) is 5.12. The molecule has 0 N–H and O–H groups in total. The Hall–Kier alpha value is -2.55. The van der Waals surface area contributed by atoms with Crippen molar-refractivity contribution in [2.75, 3.05) is 7.11 Å². The molecule has 0 saturated heterocycles. The lowest BCUT2D eigenvalue weighted by molar-refractivity contribution is 0.101. The van der Waals surface area contributed by atoms with Gasteiger partial charge in [-0.25, -0.2) is 0 Å². The van der Waals surface area contributed by atoms with E-state index >= 15 is 0 Å². The van der Waals surface area contributed by atoms with Crippen molar-refractivity contribution in [3.05, 3.63) is 64.9 Å². The molecule has 0 aliphatic heterocycles. The number of ketones is 1. The number of fused-ring (bicyclic) bond motifs is 1. The van der Waals surface area contributed by atoms with Gasteiger partial charge in [-0.05, 0) is 37.1 Å². The molecule has 3 heteroatoms. The van der Waals surface area contributed by atoms with E-state index in [0.717, 1.165) is 22.1 Å². The van der Waals surface area contributed by atoms with Crippen LogP contribution in [0.15, 0.2) is 46.9 Å². The maximum absolute atomic E-state index is 12.6. The lowest BCUT2D eigenvalue weighted by Gasteiger charge is -2.05. The third-order valence-corrected chi connectivity index (χ3v) is 3.64. The van der Waals surface area contributed by atoms with Crippen LogP contribution >= 0.6 is 0 Å². The first-order valence-corrected chi connectivity index (χ1v) is 6.78. The predicted octanol–water partition coefficient (Wildman–Crippen LogP) is 4.29. The van der Waals surface area contributed by atoms with Crippen molar-refractivity contribution in [3.8, 4) is 5.75 Å². The summed E-state index contributed by atoms with van der Waals surface area (Å²) in [7, 11) is 1.60. The minimum Gasteiger partial charge on any atom is -0.496 e. The van der Waals surface area contributed by atoms with E-state index in [-0.39, 0.29) is 5.78 Å². The molecule has 0 saturated carbocycles. The molecule has 2 aromatic carbocycles. The molecule has 0 amide bonds. The van der Waals surface area contributed by atoms with Gasteiger partial charge in [0, 0.05) is 10.9 Å². The van der Waals surface area contributed by atoms with Crippen LogP contribution in [0, 0.1) is 13.8 Å². The highest BCUT2D eigenvalue weighted by Crippen LogP contribution is 2.26. The Kier molecular flexibility index (Phi) is 3.26. The van der Waals surface area contributed by atoms with E-state index < -0.39 is 0 Å². The number of ether oxygens (including phenoxy) is 1. The molecule has 1 heterocycles. The normalized spacial score (nSPS) is 10.8. The van der Waals surface area contributed by atoms with Gasteiger partial charge in [0.2, 0.25) is 5.78 Å². The highest BCUT2D eigenvalue weighted by Gasteiger charge is 2.16. The van der Waals surface area contributed by atoms with Crippen molar-refractivity contribution >= 4 is 16.8 Å². The van der Waals surface area contributed by atoms with E-state index in [1.807, 2.05) is 38.1 Å². The summed E-state index contributed by atoms with van der Waals surface area (Å²) in [5.74, 6) is 0.919. The Morgan fingerprint density at radius 2 is 1.86 bits per heavy atom. The number of para-hydroxylation sites is 1. The zero-order chi connectivity index (χ0) is 15.0. The molecular formula is C18H16O3. The molecule has 0 bridgehead atoms. The van der Waals surface area contributed by atoms with Gasteiger partial charge in [-0.3, -0.25) is 4.79 Å². The van der Waals surface area contributed by atoms with Gasteiger partial charge in [0.1, 0.15) is 11.3 Å². The molecule has 0 spiro atoms. The zero-order valence-corrected chi connectivity index (χ0v) is 12.3. The summed E-state index contributed by atoms with van der Waals surface area (Å²) in [4.78, 5) is 12.6. The molecule has 0 radical (unpaired) electrons. The minimum absolute atomic E-state index is 0.135. The van der Waals surface area contributed by atoms with Gasteiger partial charge >= 0.3 is 0 Å². The largest absolute Gasteiger partial charge is 0.496 e. The standard InChI is InChI=1S/C18H16O3/c1-11-7-8-13(9-15(11)20-3)17(19)16-10-14-6-4-5-12(2)18(14)21-16/h4-10H,1-3H3. The molecule has 3 rings (SSSR count). The summed E-state index contributed by atoms with van der Waals surface area (Å²) in [5.41, 5.74) is 3.34. The van der Waals surface area contributed by atoms with Gasteiger partial charge in [0.15, 0.2) is 5.76 Å². The van der Waals surface area contributed by atoms with Crippen LogP contribution in [0.4, 0.5) is 0 Å². The van der Waals surface area contributed by atoms with Crippen LogP contribution in [0.5, 0.6) is 5.75 Å². The smallest absolute Gasteiger partial charge is 0.228 e. The second-order valence-electron chi connectivity index (χ2n) is 5.12. The third-order valence-electron chi connectivity index (χ3n) is 3.64. The fourth-order valence-electron chi connectivity index (χ4n) is 2.42. The third kappa shape index (κ3) is 2.31. The van der Waals surface area contributed by atoms with E-state index in [9.17, 15) is 4.79 Å². The molecule has 0 unspecified atom stereocenters. The summed E-state index contributed by atoms with van der Waals surface area (Å²) >= 11 is 0. The molecular weight excluding hydrogens is 264 g/mol. The first kappa shape index (κ1) is 13.4. The van der Waals surface area contributed by atoms with Crippen LogP contribution < -0.4 is 4.74 Å². The number of hydrogen-bond donors (Lipinski definition) is 0. The molecule has 106 valence electrons. The Morgan fingerprint density at radius 3 is 2.57 bits per heavy atom. The second kappa shape index (κ2) is 5.09. The van der Waals surface area contributed by atoms with Crippen LogP contribution in [0.3, 0.4) is 0 Å². The van der Waals surface area contributed by atoms with Crippen molar-refractivity contribution in [1.82, 2.24) is 0 Å². The van der Waals surface area contributed by atoms with Crippen LogP contribution in [-0.4, -0.2) is 12.9 Å². The van der Waals surface area contributed by atoms with Gasteiger partial charge < -0.3 is 9.15 Å². The van der Waals surface area contributed by atoms with Crippen LogP contribution in [-0.2, 0) is 0 Å². The summed E-state index contributed by atoms with van der Waals surface area (Å²) in [6, 6.07) is 13.1. The van der Waals surface area contributed by atoms with E-state index in [1.54, 1.807) is 25.3 Å². The number of methoxy groups -OCH3 is 1. The Labute approximate surface area is 123 Å². The van der Waals surface area contributed by atoms with Gasteiger partial charge in [-0.2, -0.15) is 0 Å². The minimum atomic E-state index is -0.135. The molecule has 0 atom stereocenters. The highest BCUT2D eigenvalue weighted by atomic mass is 16.5. The average molecular weight is 280 g/mol. The average Bonchev–Trinajstić information content (AvgIpc) is 2.92. The number of aryl methyl sites for hydroxylation is 2. The first-order chi connectivity index (χ1) is 10.1. The Bertz CT molecular complexity index is 828. The summed E-state index contributed by atoms with van der Waals surface area (Å²) in [6.45, 7) is 3.91. The van der Waals surface area contributed by atoms with Crippen molar-refractivity contribution in [2.45, 2.75) is 13.8 Å². The van der Waals surface area contributed by atoms with Gasteiger partial charge in [0.25, 0.3) is 0 Å². The number of hydrogen-bond acceptors (Lipinski definition) is 3. The van der Waals surface area contributed by atoms with Crippen molar-refractivity contribution in [3.63, 3.8) is 0 Å². The summed E-state index contributed by atoms with van der Waals surface area (Å²) < 4.78 is 11.0. The number of carbonyl (C=O) groups is 1. The molecule has 0 aliphatic carbocycles. The summed E-state index contributed by atoms with van der Waals surface area (Å²) in [5, 5.41) is 0.942. The fourth-order valence-corrected chi connectivity index (χ4v) is 2.42. The highest BCUT2D eigenvalue weighted by molar-refractivity contribution is 6.09. The molecule has 21 heavy (non-hydrogen) atoms. The fraction of sp³-hybridized carbons (Fsp3) is 0.167. The van der Waals surface area contributed by atoms with Gasteiger partial charge in [0.05, 0.1) is 7.11 Å². The van der Waals surface area contributed by atoms with Crippen molar-refractivity contribution < 1.29 is 13.9 Å². The maximum Gasteiger partial charge on any atom is 0.228 e. The maximum atomic E-state index is 12.6. The van der Waals surface area contributed by atoms with E-state index in [1.165, 1.54) is 0 Å². The Morgan fingerprint density at radius 1 is 1.05 bits per heavy atom. The zero-order valence-electron chi connectivity index (χ0n) is 12.3. The van der Waals surface area contributed by atoms with Crippen LogP contribution in [0.1, 0.15) is 27.2 Å². The number of rotatable bonds is 3. The number of benzene rings is 2. The summed E-state index contributed by atoms with van der Waals surface area (Å²) in [6.07, 6.45) is 0. The predicted molar refractivity (Wildman–Crippen MR) is 82.1 cm³/mol. The number of furan rings is 1. The number of carbonyl (C=O) groups excluding carboxylic acids is 1. The SMILES string of the molecule is COc1cc(C(=O)c2cc3cccc(C)c3o2)ccc1C. The van der Waals surface area contributed by atoms with E-state index in [2.05, 4.69) is 0 Å². The van der Waals surface area contributed by atoms with Gasteiger partial charge in [-0.15, -0.1) is 0 Å². The lowest BCUT2D eigenvalue weighted by Crippen LogP contribution is -2.00. The Balaban J connectivity index is 2.06. The topological polar surface area (TPSA) is 39.4 Å². The molecule has 3 aromatic rings. The van der Waals surface area contributed by atoms with Crippen LogP contribution in [0.25, 0.3) is 11.0 Å². The van der Waals surface area contributed by atoms with E-state index in [4.69, 9.17) is 9.15 Å². The van der Waals surface area contributed by atoms with E-state index in [0.29, 0.717) is 17.1 Å². The van der Waals surface area contributed by atoms with Crippen molar-refractivity contribution in [1.29, 1.82) is 0 Å².